The maximum Gasteiger partial charge on any atom is 0.289 e. The molecule has 2 aromatic rings. The summed E-state index contributed by atoms with van der Waals surface area (Å²) in [5.41, 5.74) is 2.34. The predicted octanol–water partition coefficient (Wildman–Crippen LogP) is 2.32. The highest BCUT2D eigenvalue weighted by molar-refractivity contribution is 5.95. The molecule has 0 N–H and O–H groups in total. The molecule has 4 rings (SSSR count). The van der Waals surface area contributed by atoms with Crippen molar-refractivity contribution in [1.29, 1.82) is 0 Å². The molecule has 0 aliphatic carbocycles. The fourth-order valence-electron chi connectivity index (χ4n) is 4.03. The molecule has 2 aliphatic heterocycles. The van der Waals surface area contributed by atoms with Gasteiger partial charge < -0.3 is 14.1 Å². The minimum Gasteiger partial charge on any atom is -0.449 e. The van der Waals surface area contributed by atoms with Crippen LogP contribution in [0.15, 0.2) is 22.6 Å². The zero-order valence-corrected chi connectivity index (χ0v) is 14.9. The Kier molecular flexibility index (Phi) is 4.48. The molecule has 0 radical (unpaired) electrons. The van der Waals surface area contributed by atoms with Crippen LogP contribution < -0.4 is 0 Å². The molecule has 6 heteroatoms. The first-order valence-corrected chi connectivity index (χ1v) is 9.14. The van der Waals surface area contributed by atoms with Gasteiger partial charge in [0.05, 0.1) is 13.2 Å². The number of carbonyl (C=O) groups excluding carboxylic acids is 1. The highest BCUT2D eigenvalue weighted by Crippen LogP contribution is 2.28. The molecule has 2 aliphatic rings. The highest BCUT2D eigenvalue weighted by atomic mass is 16.5. The van der Waals surface area contributed by atoms with E-state index in [0.717, 1.165) is 57.0 Å². The van der Waals surface area contributed by atoms with Gasteiger partial charge in [0.25, 0.3) is 5.91 Å². The molecule has 0 spiro atoms. The average Bonchev–Trinajstić information content (AvgIpc) is 3.25. The van der Waals surface area contributed by atoms with Gasteiger partial charge >= 0.3 is 0 Å². The summed E-state index contributed by atoms with van der Waals surface area (Å²) in [6, 6.07) is 5.97. The van der Waals surface area contributed by atoms with Crippen molar-refractivity contribution in [2.75, 3.05) is 39.4 Å². The number of fused-ring (bicyclic) bond motifs is 1. The number of likely N-dealkylation sites (tertiary alicyclic amines) is 1. The molecule has 2 fully saturated rings. The van der Waals surface area contributed by atoms with Crippen molar-refractivity contribution in [3.8, 4) is 0 Å². The van der Waals surface area contributed by atoms with E-state index in [4.69, 9.17) is 9.15 Å². The number of hydrogen-bond acceptors (Lipinski definition) is 5. The Morgan fingerprint density at radius 1 is 1.28 bits per heavy atom. The fraction of sp³-hybridized carbons (Fsp3) is 0.579. The van der Waals surface area contributed by atoms with Crippen LogP contribution in [0.25, 0.3) is 11.1 Å². The van der Waals surface area contributed by atoms with Gasteiger partial charge in [-0.05, 0) is 25.0 Å². The number of carbonyl (C=O) groups is 1. The van der Waals surface area contributed by atoms with Gasteiger partial charge in [-0.1, -0.05) is 13.3 Å². The van der Waals surface area contributed by atoms with Crippen molar-refractivity contribution in [3.63, 3.8) is 0 Å². The highest BCUT2D eigenvalue weighted by Gasteiger charge is 2.39. The molecular weight excluding hydrogens is 318 g/mol. The number of morpholine rings is 1. The summed E-state index contributed by atoms with van der Waals surface area (Å²) in [6.45, 7) is 9.19. The molecule has 4 heterocycles. The van der Waals surface area contributed by atoms with E-state index in [2.05, 4.69) is 16.8 Å². The number of furan rings is 1. The van der Waals surface area contributed by atoms with Crippen LogP contribution in [-0.2, 0) is 4.74 Å². The van der Waals surface area contributed by atoms with Crippen molar-refractivity contribution in [1.82, 2.24) is 14.8 Å². The first kappa shape index (κ1) is 16.5. The number of aromatic nitrogens is 1. The Bertz CT molecular complexity index is 766. The Labute approximate surface area is 147 Å². The van der Waals surface area contributed by atoms with Gasteiger partial charge in [-0.25, -0.2) is 4.98 Å². The lowest BCUT2D eigenvalue weighted by Crippen LogP contribution is -2.47. The van der Waals surface area contributed by atoms with Crippen LogP contribution in [0.1, 0.15) is 29.6 Å². The first-order valence-electron chi connectivity index (χ1n) is 9.14. The van der Waals surface area contributed by atoms with Crippen molar-refractivity contribution in [2.24, 2.45) is 5.92 Å². The van der Waals surface area contributed by atoms with Crippen LogP contribution in [0.3, 0.4) is 0 Å². The average molecular weight is 343 g/mol. The zero-order chi connectivity index (χ0) is 17.4. The minimum absolute atomic E-state index is 0.0233. The Morgan fingerprint density at radius 2 is 2.08 bits per heavy atom. The van der Waals surface area contributed by atoms with Crippen LogP contribution in [-0.4, -0.2) is 66.1 Å². The number of hydrogen-bond donors (Lipinski definition) is 0. The lowest BCUT2D eigenvalue weighted by molar-refractivity contribution is 0.0102. The second kappa shape index (κ2) is 6.77. The third-order valence-corrected chi connectivity index (χ3v) is 5.46. The van der Waals surface area contributed by atoms with Crippen LogP contribution in [0.5, 0.6) is 0 Å². The largest absolute Gasteiger partial charge is 0.449 e. The number of ether oxygens (including phenoxy) is 1. The zero-order valence-electron chi connectivity index (χ0n) is 14.9. The number of rotatable bonds is 3. The third-order valence-electron chi connectivity index (χ3n) is 5.46. The molecule has 2 atom stereocenters. The molecule has 134 valence electrons. The summed E-state index contributed by atoms with van der Waals surface area (Å²) in [5, 5.41) is 0. The lowest BCUT2D eigenvalue weighted by Gasteiger charge is -2.34. The molecule has 2 saturated heterocycles. The SMILES string of the molecule is CC[C@H]1CN(C(=O)c2cc3nc(C)ccc3o2)C[C@@H]1N1CCOCC1. The van der Waals surface area contributed by atoms with Crippen molar-refractivity contribution >= 4 is 17.0 Å². The maximum atomic E-state index is 13.0. The van der Waals surface area contributed by atoms with Gasteiger partial charge in [0.1, 0.15) is 5.52 Å². The Balaban J connectivity index is 1.53. The van der Waals surface area contributed by atoms with Gasteiger partial charge in [-0.15, -0.1) is 0 Å². The summed E-state index contributed by atoms with van der Waals surface area (Å²) in [6.07, 6.45) is 1.08. The molecule has 25 heavy (non-hydrogen) atoms. The topological polar surface area (TPSA) is 58.8 Å². The van der Waals surface area contributed by atoms with Gasteiger partial charge in [-0.2, -0.15) is 0 Å². The second-order valence-electron chi connectivity index (χ2n) is 7.04. The summed E-state index contributed by atoms with van der Waals surface area (Å²) >= 11 is 0. The molecule has 1 amide bonds. The van der Waals surface area contributed by atoms with Gasteiger partial charge in [0.2, 0.25) is 0 Å². The van der Waals surface area contributed by atoms with E-state index in [0.29, 0.717) is 23.3 Å². The monoisotopic (exact) mass is 343 g/mol. The van der Waals surface area contributed by atoms with E-state index in [1.807, 2.05) is 24.0 Å². The van der Waals surface area contributed by atoms with E-state index in [-0.39, 0.29) is 5.91 Å². The molecule has 6 nitrogen and oxygen atoms in total. The van der Waals surface area contributed by atoms with E-state index in [9.17, 15) is 4.79 Å². The van der Waals surface area contributed by atoms with E-state index in [1.165, 1.54) is 0 Å². The van der Waals surface area contributed by atoms with E-state index < -0.39 is 0 Å². The molecule has 2 aromatic heterocycles. The minimum atomic E-state index is -0.0233. The Hall–Kier alpha value is -1.92. The number of pyridine rings is 1. The Morgan fingerprint density at radius 3 is 2.84 bits per heavy atom. The summed E-state index contributed by atoms with van der Waals surface area (Å²) in [7, 11) is 0. The fourth-order valence-corrected chi connectivity index (χ4v) is 4.03. The van der Waals surface area contributed by atoms with Crippen LogP contribution in [0, 0.1) is 12.8 Å². The van der Waals surface area contributed by atoms with Gasteiger partial charge in [0.15, 0.2) is 11.3 Å². The number of amides is 1. The number of nitrogens with zero attached hydrogens (tertiary/aromatic N) is 3. The van der Waals surface area contributed by atoms with Crippen LogP contribution in [0.2, 0.25) is 0 Å². The summed E-state index contributed by atoms with van der Waals surface area (Å²) in [4.78, 5) is 21.8. The van der Waals surface area contributed by atoms with Crippen molar-refractivity contribution in [3.05, 3.63) is 29.7 Å². The van der Waals surface area contributed by atoms with Gasteiger partial charge in [0, 0.05) is 44.0 Å². The summed E-state index contributed by atoms with van der Waals surface area (Å²) in [5.74, 6) is 0.877. The molecule has 0 unspecified atom stereocenters. The van der Waals surface area contributed by atoms with Gasteiger partial charge in [-0.3, -0.25) is 9.69 Å². The molecular formula is C19H25N3O3. The lowest BCUT2D eigenvalue weighted by atomic mass is 9.99. The summed E-state index contributed by atoms with van der Waals surface area (Å²) < 4.78 is 11.2. The predicted molar refractivity (Wildman–Crippen MR) is 94.6 cm³/mol. The number of aryl methyl sites for hydroxylation is 1. The smallest absolute Gasteiger partial charge is 0.289 e. The third kappa shape index (κ3) is 3.16. The first-order chi connectivity index (χ1) is 12.2. The standard InChI is InChI=1S/C19H25N3O3/c1-3-14-11-22(12-16(14)21-6-8-24-9-7-21)19(23)18-10-15-17(25-18)5-4-13(2)20-15/h4-5,10,14,16H,3,6-9,11-12H2,1-2H3/t14-,16-/m0/s1. The van der Waals surface area contributed by atoms with Crippen molar-refractivity contribution in [2.45, 2.75) is 26.3 Å². The maximum absolute atomic E-state index is 13.0. The van der Waals surface area contributed by atoms with Crippen molar-refractivity contribution < 1.29 is 13.9 Å². The van der Waals surface area contributed by atoms with E-state index >= 15 is 0 Å². The quantitative estimate of drug-likeness (QED) is 0.856. The van der Waals surface area contributed by atoms with Crippen LogP contribution in [0.4, 0.5) is 0 Å². The molecule has 0 bridgehead atoms. The second-order valence-corrected chi connectivity index (χ2v) is 7.04. The molecule has 0 saturated carbocycles. The van der Waals surface area contributed by atoms with E-state index in [1.54, 1.807) is 6.07 Å². The molecule has 0 aromatic carbocycles. The normalized spacial score (nSPS) is 25.0. The van der Waals surface area contributed by atoms with Crippen LogP contribution >= 0.6 is 0 Å².